The van der Waals surface area contributed by atoms with Crippen molar-refractivity contribution in [2.45, 2.75) is 13.1 Å². The maximum absolute atomic E-state index is 9.23. The first-order valence-electron chi connectivity index (χ1n) is 5.39. The minimum atomic E-state index is -0.276. The molecule has 0 aromatic heterocycles. The molecule has 1 aromatic carbocycles. The Kier molecular flexibility index (Phi) is 3.13. The summed E-state index contributed by atoms with van der Waals surface area (Å²) < 4.78 is 0. The van der Waals surface area contributed by atoms with E-state index in [9.17, 15) is 5.11 Å². The Balaban J connectivity index is 2.24. The van der Waals surface area contributed by atoms with Crippen LogP contribution in [0.5, 0.6) is 5.75 Å². The third-order valence-corrected chi connectivity index (χ3v) is 2.31. The third kappa shape index (κ3) is 2.66. The highest BCUT2D eigenvalue weighted by molar-refractivity contribution is 5.99. The first kappa shape index (κ1) is 11.3. The van der Waals surface area contributed by atoms with Crippen LogP contribution in [0.2, 0.25) is 0 Å². The van der Waals surface area contributed by atoms with Gasteiger partial charge in [-0.1, -0.05) is 12.1 Å². The van der Waals surface area contributed by atoms with E-state index in [-0.39, 0.29) is 11.9 Å². The fourth-order valence-electron chi connectivity index (χ4n) is 1.55. The zero-order valence-electron chi connectivity index (χ0n) is 9.51. The van der Waals surface area contributed by atoms with Crippen molar-refractivity contribution in [1.82, 2.24) is 10.6 Å². The van der Waals surface area contributed by atoms with Gasteiger partial charge in [0.1, 0.15) is 5.75 Å². The molecule has 6 nitrogen and oxygen atoms in total. The summed E-state index contributed by atoms with van der Waals surface area (Å²) >= 11 is 0. The number of hydrogen-bond acceptors (Lipinski definition) is 4. The van der Waals surface area contributed by atoms with Gasteiger partial charge in [0.2, 0.25) is 0 Å². The van der Waals surface area contributed by atoms with E-state index in [2.05, 4.69) is 20.6 Å². The molecular formula is C11H15N5O. The van der Waals surface area contributed by atoms with Crippen molar-refractivity contribution in [2.24, 2.45) is 15.7 Å². The van der Waals surface area contributed by atoms with Gasteiger partial charge in [0.25, 0.3) is 0 Å². The van der Waals surface area contributed by atoms with Crippen LogP contribution in [0.1, 0.15) is 18.7 Å². The predicted octanol–water partition coefficient (Wildman–Crippen LogP) is 0.274. The van der Waals surface area contributed by atoms with Crippen LogP contribution in [-0.4, -0.2) is 23.6 Å². The summed E-state index contributed by atoms with van der Waals surface area (Å²) in [5.41, 5.74) is 6.59. The molecule has 17 heavy (non-hydrogen) atoms. The number of nitrogens with zero attached hydrogens (tertiary/aromatic N) is 2. The number of hydrogen-bond donors (Lipinski definition) is 4. The first-order chi connectivity index (χ1) is 8.19. The van der Waals surface area contributed by atoms with Gasteiger partial charge < -0.3 is 16.2 Å². The zero-order chi connectivity index (χ0) is 12.3. The molecule has 5 N–H and O–H groups in total. The Hall–Kier alpha value is -2.24. The lowest BCUT2D eigenvalue weighted by Crippen LogP contribution is -2.50. The Labute approximate surface area is 99.3 Å². The smallest absolute Gasteiger partial charge is 0.200 e. The molecule has 0 saturated carbocycles. The van der Waals surface area contributed by atoms with Crippen molar-refractivity contribution < 1.29 is 5.11 Å². The highest BCUT2D eigenvalue weighted by Crippen LogP contribution is 2.18. The summed E-state index contributed by atoms with van der Waals surface area (Å²) in [4.78, 5) is 8.44. The second kappa shape index (κ2) is 4.73. The van der Waals surface area contributed by atoms with E-state index in [1.54, 1.807) is 24.3 Å². The number of guanidine groups is 2. The molecule has 1 aliphatic rings. The van der Waals surface area contributed by atoms with E-state index in [1.165, 1.54) is 0 Å². The van der Waals surface area contributed by atoms with Crippen molar-refractivity contribution in [3.63, 3.8) is 0 Å². The average Bonchev–Trinajstić information content (AvgIpc) is 2.29. The van der Waals surface area contributed by atoms with E-state index in [1.807, 2.05) is 6.92 Å². The number of rotatable bonds is 2. The molecule has 0 saturated heterocycles. The van der Waals surface area contributed by atoms with Crippen molar-refractivity contribution in [3.05, 3.63) is 29.8 Å². The molecule has 1 aliphatic heterocycles. The Bertz CT molecular complexity index is 451. The number of phenolic OH excluding ortho intramolecular Hbond substituents is 1. The SMILES string of the molecule is CCN=C1NC(N)=NC(c2ccc(O)cc2)N1. The lowest BCUT2D eigenvalue weighted by molar-refractivity contribution is 0.474. The molecule has 6 heteroatoms. The van der Waals surface area contributed by atoms with Crippen LogP contribution in [0, 0.1) is 0 Å². The van der Waals surface area contributed by atoms with Gasteiger partial charge in [0.05, 0.1) is 0 Å². The lowest BCUT2D eigenvalue weighted by Gasteiger charge is -2.24. The van der Waals surface area contributed by atoms with Gasteiger partial charge in [-0.15, -0.1) is 0 Å². The number of phenols is 1. The molecule has 0 aliphatic carbocycles. The quantitative estimate of drug-likeness (QED) is 0.590. The van der Waals surface area contributed by atoms with Crippen LogP contribution in [0.15, 0.2) is 34.3 Å². The fraction of sp³-hybridized carbons (Fsp3) is 0.273. The van der Waals surface area contributed by atoms with Crippen LogP contribution < -0.4 is 16.4 Å². The molecule has 1 aromatic rings. The van der Waals surface area contributed by atoms with Gasteiger partial charge in [0, 0.05) is 6.54 Å². The Morgan fingerprint density at radius 1 is 1.41 bits per heavy atom. The van der Waals surface area contributed by atoms with E-state index >= 15 is 0 Å². The minimum absolute atomic E-state index is 0.224. The van der Waals surface area contributed by atoms with Gasteiger partial charge in [-0.25, -0.2) is 4.99 Å². The van der Waals surface area contributed by atoms with E-state index in [0.717, 1.165) is 5.56 Å². The van der Waals surface area contributed by atoms with Crippen LogP contribution in [0.25, 0.3) is 0 Å². The number of benzene rings is 1. The lowest BCUT2D eigenvalue weighted by atomic mass is 10.1. The molecule has 0 spiro atoms. The van der Waals surface area contributed by atoms with Crippen LogP contribution in [0.4, 0.5) is 0 Å². The monoisotopic (exact) mass is 233 g/mol. The summed E-state index contributed by atoms with van der Waals surface area (Å²) in [7, 11) is 0. The summed E-state index contributed by atoms with van der Waals surface area (Å²) in [5, 5.41) is 15.2. The predicted molar refractivity (Wildman–Crippen MR) is 66.7 cm³/mol. The molecule has 0 bridgehead atoms. The highest BCUT2D eigenvalue weighted by Gasteiger charge is 2.17. The average molecular weight is 233 g/mol. The second-order valence-corrected chi connectivity index (χ2v) is 3.60. The Morgan fingerprint density at radius 2 is 2.12 bits per heavy atom. The normalized spacial score (nSPS) is 21.6. The van der Waals surface area contributed by atoms with Gasteiger partial charge in [-0.05, 0) is 24.6 Å². The van der Waals surface area contributed by atoms with E-state index in [0.29, 0.717) is 18.5 Å². The van der Waals surface area contributed by atoms with Crippen molar-refractivity contribution in [1.29, 1.82) is 0 Å². The topological polar surface area (TPSA) is 95.0 Å². The number of nitrogens with two attached hydrogens (primary N) is 1. The van der Waals surface area contributed by atoms with E-state index < -0.39 is 0 Å². The standard InChI is InChI=1S/C11H15N5O/c1-2-13-11-15-9(14-10(12)16-11)7-3-5-8(17)6-4-7/h3-6,9,17H,2H2,1H3,(H4,12,13,14,15,16). The van der Waals surface area contributed by atoms with Crippen molar-refractivity contribution in [3.8, 4) is 5.75 Å². The third-order valence-electron chi connectivity index (χ3n) is 2.31. The van der Waals surface area contributed by atoms with Crippen LogP contribution >= 0.6 is 0 Å². The van der Waals surface area contributed by atoms with Crippen LogP contribution in [0.3, 0.4) is 0 Å². The highest BCUT2D eigenvalue weighted by atomic mass is 16.3. The van der Waals surface area contributed by atoms with Crippen molar-refractivity contribution in [2.75, 3.05) is 6.54 Å². The first-order valence-corrected chi connectivity index (χ1v) is 5.39. The maximum Gasteiger partial charge on any atom is 0.200 e. The van der Waals surface area contributed by atoms with E-state index in [4.69, 9.17) is 5.73 Å². The molecule has 0 amide bonds. The van der Waals surface area contributed by atoms with Gasteiger partial charge in [-0.3, -0.25) is 10.3 Å². The molecule has 1 unspecified atom stereocenters. The van der Waals surface area contributed by atoms with Crippen LogP contribution in [-0.2, 0) is 0 Å². The second-order valence-electron chi connectivity index (χ2n) is 3.60. The van der Waals surface area contributed by atoms with Crippen molar-refractivity contribution >= 4 is 11.9 Å². The maximum atomic E-state index is 9.23. The molecule has 1 heterocycles. The molecule has 90 valence electrons. The summed E-state index contributed by atoms with van der Waals surface area (Å²) in [6, 6.07) is 6.81. The number of nitrogens with one attached hydrogen (secondary N) is 2. The molecule has 1 atom stereocenters. The number of aromatic hydroxyl groups is 1. The molecule has 0 fully saturated rings. The summed E-state index contributed by atoms with van der Waals surface area (Å²) in [6.07, 6.45) is -0.276. The zero-order valence-corrected chi connectivity index (χ0v) is 9.51. The molecule has 2 rings (SSSR count). The van der Waals surface area contributed by atoms with Gasteiger partial charge >= 0.3 is 0 Å². The van der Waals surface area contributed by atoms with Gasteiger partial charge in [-0.2, -0.15) is 0 Å². The molecule has 0 radical (unpaired) electrons. The Morgan fingerprint density at radius 3 is 2.76 bits per heavy atom. The summed E-state index contributed by atoms with van der Waals surface area (Å²) in [6.45, 7) is 2.60. The molecular weight excluding hydrogens is 218 g/mol. The summed E-state index contributed by atoms with van der Waals surface area (Å²) in [5.74, 6) is 1.16. The fourth-order valence-corrected chi connectivity index (χ4v) is 1.55. The van der Waals surface area contributed by atoms with Gasteiger partial charge in [0.15, 0.2) is 18.1 Å². The minimum Gasteiger partial charge on any atom is -0.508 e. The number of aliphatic imine (C=N–C) groups is 2. The largest absolute Gasteiger partial charge is 0.508 e.